The Bertz CT molecular complexity index is 927. The lowest BCUT2D eigenvalue weighted by Gasteiger charge is -2.06. The molecule has 3 aromatic rings. The molecule has 0 bridgehead atoms. The molecule has 0 saturated heterocycles. The number of hydrogen-bond donors (Lipinski definition) is 1. The Hall–Kier alpha value is -3.02. The third-order valence-corrected chi connectivity index (χ3v) is 3.55. The summed E-state index contributed by atoms with van der Waals surface area (Å²) in [6.07, 6.45) is 1.50. The topological polar surface area (TPSA) is 76.4 Å². The van der Waals surface area contributed by atoms with Crippen LogP contribution in [0, 0.1) is 13.8 Å². The number of rotatable bonds is 3. The number of ketones is 1. The molecule has 0 aliphatic rings. The minimum absolute atomic E-state index is 0.0509. The second-order valence-corrected chi connectivity index (χ2v) is 5.42. The number of carbonyl (C=O) groups excluding carboxylic acids is 2. The zero-order chi connectivity index (χ0) is 16.6. The van der Waals surface area contributed by atoms with Gasteiger partial charge < -0.3 is 5.32 Å². The molecule has 2 aromatic heterocycles. The Balaban J connectivity index is 1.95. The molecule has 0 unspecified atom stereocenters. The van der Waals surface area contributed by atoms with Crippen molar-refractivity contribution in [2.24, 2.45) is 0 Å². The van der Waals surface area contributed by atoms with E-state index in [1.807, 2.05) is 19.9 Å². The van der Waals surface area contributed by atoms with Gasteiger partial charge in [-0.2, -0.15) is 5.10 Å². The van der Waals surface area contributed by atoms with Gasteiger partial charge in [-0.15, -0.1) is 0 Å². The quantitative estimate of drug-likeness (QED) is 0.755. The highest BCUT2D eigenvalue weighted by molar-refractivity contribution is 6.08. The van der Waals surface area contributed by atoms with Gasteiger partial charge in [-0.1, -0.05) is 12.1 Å². The lowest BCUT2D eigenvalue weighted by Crippen LogP contribution is -2.13. The summed E-state index contributed by atoms with van der Waals surface area (Å²) in [5.41, 5.74) is 3.75. The molecule has 0 atom stereocenters. The molecule has 0 radical (unpaired) electrons. The van der Waals surface area contributed by atoms with Crippen molar-refractivity contribution in [3.63, 3.8) is 0 Å². The highest BCUT2D eigenvalue weighted by Crippen LogP contribution is 2.16. The third-order valence-electron chi connectivity index (χ3n) is 3.55. The Kier molecular flexibility index (Phi) is 3.65. The van der Waals surface area contributed by atoms with E-state index in [9.17, 15) is 9.59 Å². The molecule has 1 N–H and O–H groups in total. The lowest BCUT2D eigenvalue weighted by atomic mass is 10.1. The van der Waals surface area contributed by atoms with Gasteiger partial charge in [0, 0.05) is 22.6 Å². The first-order valence-corrected chi connectivity index (χ1v) is 7.20. The first-order valence-electron chi connectivity index (χ1n) is 7.20. The molecule has 0 spiro atoms. The van der Waals surface area contributed by atoms with Crippen LogP contribution >= 0.6 is 0 Å². The molecular formula is C17H16N4O2. The van der Waals surface area contributed by atoms with Gasteiger partial charge in [-0.25, -0.2) is 9.50 Å². The third kappa shape index (κ3) is 2.83. The number of aryl methyl sites for hydroxylation is 2. The Morgan fingerprint density at radius 1 is 1.17 bits per heavy atom. The van der Waals surface area contributed by atoms with E-state index in [4.69, 9.17) is 0 Å². The van der Waals surface area contributed by atoms with Crippen LogP contribution in [0.3, 0.4) is 0 Å². The van der Waals surface area contributed by atoms with Crippen LogP contribution in [0.15, 0.2) is 36.5 Å². The van der Waals surface area contributed by atoms with Gasteiger partial charge in [0.15, 0.2) is 11.4 Å². The van der Waals surface area contributed by atoms with Crippen molar-refractivity contribution in [2.75, 3.05) is 5.32 Å². The number of fused-ring (bicyclic) bond motifs is 1. The van der Waals surface area contributed by atoms with Gasteiger partial charge in [-0.3, -0.25) is 9.59 Å². The van der Waals surface area contributed by atoms with E-state index in [1.165, 1.54) is 13.1 Å². The standard InChI is InChI=1S/C17H16N4O2/c1-10-7-11(2)21-16(19-10)15(9-18-21)17(23)20-14-6-4-5-13(8-14)12(3)22/h4-9H,1-3H3,(H,20,23). The van der Waals surface area contributed by atoms with Gasteiger partial charge in [0.1, 0.15) is 5.56 Å². The Labute approximate surface area is 133 Å². The van der Waals surface area contributed by atoms with E-state index in [2.05, 4.69) is 15.4 Å². The van der Waals surface area contributed by atoms with E-state index in [-0.39, 0.29) is 11.7 Å². The number of nitrogens with one attached hydrogen (secondary N) is 1. The maximum atomic E-state index is 12.5. The van der Waals surface area contributed by atoms with E-state index in [1.54, 1.807) is 28.8 Å². The van der Waals surface area contributed by atoms with Crippen molar-refractivity contribution in [1.82, 2.24) is 14.6 Å². The monoisotopic (exact) mass is 308 g/mol. The number of amides is 1. The maximum Gasteiger partial charge on any atom is 0.261 e. The number of carbonyl (C=O) groups is 2. The molecule has 6 heteroatoms. The fourth-order valence-electron chi connectivity index (χ4n) is 2.44. The predicted octanol–water partition coefficient (Wildman–Crippen LogP) is 2.80. The van der Waals surface area contributed by atoms with Crippen LogP contribution in [0.1, 0.15) is 39.0 Å². The minimum atomic E-state index is -0.307. The van der Waals surface area contributed by atoms with Gasteiger partial charge in [0.2, 0.25) is 0 Å². The molecule has 1 aromatic carbocycles. The number of benzene rings is 1. The molecule has 0 aliphatic heterocycles. The molecule has 116 valence electrons. The summed E-state index contributed by atoms with van der Waals surface area (Å²) < 4.78 is 1.63. The first-order chi connectivity index (χ1) is 11.0. The van der Waals surface area contributed by atoms with Gasteiger partial charge >= 0.3 is 0 Å². The molecule has 23 heavy (non-hydrogen) atoms. The van der Waals surface area contributed by atoms with Crippen LogP contribution in [0.4, 0.5) is 5.69 Å². The number of aromatic nitrogens is 3. The van der Waals surface area contributed by atoms with Crippen LogP contribution in [-0.2, 0) is 0 Å². The van der Waals surface area contributed by atoms with Crippen LogP contribution in [0.25, 0.3) is 5.65 Å². The van der Waals surface area contributed by atoms with Crippen molar-refractivity contribution < 1.29 is 9.59 Å². The highest BCUT2D eigenvalue weighted by Gasteiger charge is 2.16. The smallest absolute Gasteiger partial charge is 0.261 e. The Morgan fingerprint density at radius 2 is 1.96 bits per heavy atom. The molecule has 6 nitrogen and oxygen atoms in total. The summed E-state index contributed by atoms with van der Waals surface area (Å²) >= 11 is 0. The van der Waals surface area contributed by atoms with E-state index < -0.39 is 0 Å². The molecule has 0 fully saturated rings. The Morgan fingerprint density at radius 3 is 2.70 bits per heavy atom. The maximum absolute atomic E-state index is 12.5. The molecule has 2 heterocycles. The van der Waals surface area contributed by atoms with Gasteiger partial charge in [-0.05, 0) is 39.0 Å². The largest absolute Gasteiger partial charge is 0.322 e. The van der Waals surface area contributed by atoms with E-state index in [0.29, 0.717) is 22.5 Å². The second kappa shape index (κ2) is 5.64. The zero-order valence-corrected chi connectivity index (χ0v) is 13.1. The van der Waals surface area contributed by atoms with Crippen molar-refractivity contribution in [1.29, 1.82) is 0 Å². The normalized spacial score (nSPS) is 10.7. The molecule has 0 saturated carbocycles. The minimum Gasteiger partial charge on any atom is -0.322 e. The predicted molar refractivity (Wildman–Crippen MR) is 86.9 cm³/mol. The van der Waals surface area contributed by atoms with Crippen LogP contribution in [0.2, 0.25) is 0 Å². The fraction of sp³-hybridized carbons (Fsp3) is 0.176. The highest BCUT2D eigenvalue weighted by atomic mass is 16.1. The summed E-state index contributed by atoms with van der Waals surface area (Å²) in [5, 5.41) is 6.99. The molecular weight excluding hydrogens is 292 g/mol. The first kappa shape index (κ1) is 14.9. The number of nitrogens with zero attached hydrogens (tertiary/aromatic N) is 3. The van der Waals surface area contributed by atoms with E-state index in [0.717, 1.165) is 11.4 Å². The van der Waals surface area contributed by atoms with Crippen LogP contribution < -0.4 is 5.32 Å². The summed E-state index contributed by atoms with van der Waals surface area (Å²) in [6, 6.07) is 8.73. The fourth-order valence-corrected chi connectivity index (χ4v) is 2.44. The summed E-state index contributed by atoms with van der Waals surface area (Å²) in [5.74, 6) is -0.358. The number of anilines is 1. The van der Waals surface area contributed by atoms with Crippen molar-refractivity contribution in [3.05, 3.63) is 59.0 Å². The van der Waals surface area contributed by atoms with Gasteiger partial charge in [0.05, 0.1) is 6.20 Å². The van der Waals surface area contributed by atoms with E-state index >= 15 is 0 Å². The van der Waals surface area contributed by atoms with Crippen molar-refractivity contribution in [3.8, 4) is 0 Å². The van der Waals surface area contributed by atoms with Crippen LogP contribution in [0.5, 0.6) is 0 Å². The number of Topliss-reactive ketones (excluding diaryl/α,β-unsaturated/α-hetero) is 1. The van der Waals surface area contributed by atoms with Gasteiger partial charge in [0.25, 0.3) is 5.91 Å². The molecule has 1 amide bonds. The average molecular weight is 308 g/mol. The summed E-state index contributed by atoms with van der Waals surface area (Å²) in [4.78, 5) is 28.3. The molecule has 0 aliphatic carbocycles. The van der Waals surface area contributed by atoms with Crippen molar-refractivity contribution >= 4 is 23.0 Å². The lowest BCUT2D eigenvalue weighted by molar-refractivity contribution is 0.101. The number of hydrogen-bond acceptors (Lipinski definition) is 4. The summed E-state index contributed by atoms with van der Waals surface area (Å²) in [7, 11) is 0. The van der Waals surface area contributed by atoms with Crippen LogP contribution in [-0.4, -0.2) is 26.3 Å². The second-order valence-electron chi connectivity index (χ2n) is 5.42. The molecule has 3 rings (SSSR count). The summed E-state index contributed by atoms with van der Waals surface area (Å²) in [6.45, 7) is 5.27. The SMILES string of the molecule is CC(=O)c1cccc(NC(=O)c2cnn3c(C)cc(C)nc23)c1. The van der Waals surface area contributed by atoms with Crippen molar-refractivity contribution in [2.45, 2.75) is 20.8 Å². The average Bonchev–Trinajstić information content (AvgIpc) is 2.91. The zero-order valence-electron chi connectivity index (χ0n) is 13.1.